The van der Waals surface area contributed by atoms with Crippen LogP contribution in [0, 0.1) is 6.92 Å². The van der Waals surface area contributed by atoms with Crippen molar-refractivity contribution in [2.75, 3.05) is 5.73 Å². The predicted molar refractivity (Wildman–Crippen MR) is 60.4 cm³/mol. The number of hydrogen-bond donors (Lipinski definition) is 1. The summed E-state index contributed by atoms with van der Waals surface area (Å²) in [6.07, 6.45) is 4.01. The van der Waals surface area contributed by atoms with Crippen LogP contribution in [-0.4, -0.2) is 17.4 Å². The summed E-state index contributed by atoms with van der Waals surface area (Å²) in [6.45, 7) is 1.77. The van der Waals surface area contributed by atoms with Crippen molar-refractivity contribution in [2.24, 2.45) is 0 Å². The van der Waals surface area contributed by atoms with E-state index in [-0.39, 0.29) is 10.6 Å². The molecule has 0 aliphatic rings. The highest BCUT2D eigenvalue weighted by atomic mass is 32.2. The molecule has 0 saturated heterocycles. The van der Waals surface area contributed by atoms with Crippen molar-refractivity contribution in [2.45, 2.75) is 11.8 Å². The highest BCUT2D eigenvalue weighted by Gasteiger charge is 2.19. The second-order valence-corrected chi connectivity index (χ2v) is 5.20. The van der Waals surface area contributed by atoms with Gasteiger partial charge in [0.25, 0.3) is 10.0 Å². The van der Waals surface area contributed by atoms with Crippen LogP contribution in [-0.2, 0) is 10.0 Å². The first-order valence-electron chi connectivity index (χ1n) is 4.62. The lowest BCUT2D eigenvalue weighted by molar-refractivity contribution is 0.587. The van der Waals surface area contributed by atoms with Crippen LogP contribution in [0.1, 0.15) is 5.56 Å². The summed E-state index contributed by atoms with van der Waals surface area (Å²) in [5.74, 6) is 0. The largest absolute Gasteiger partial charge is 0.397 e. The molecule has 2 N–H and O–H groups in total. The van der Waals surface area contributed by atoms with Gasteiger partial charge in [0.05, 0.1) is 5.69 Å². The number of benzene rings is 1. The Labute approximate surface area is 93.6 Å². The monoisotopic (exact) mass is 237 g/mol. The van der Waals surface area contributed by atoms with Crippen molar-refractivity contribution < 1.29 is 8.42 Å². The molecule has 2 rings (SSSR count). The lowest BCUT2D eigenvalue weighted by Gasteiger charge is -2.09. The van der Waals surface area contributed by atoms with Crippen LogP contribution in [0.5, 0.6) is 0 Å². The summed E-state index contributed by atoms with van der Waals surface area (Å²) in [5, 5.41) is 0. The van der Waals surface area contributed by atoms with Crippen LogP contribution in [0.25, 0.3) is 0 Å². The summed E-state index contributed by atoms with van der Waals surface area (Å²) >= 11 is 0. The number of hydrogen-bond acceptors (Lipinski definition) is 4. The topological polar surface area (TPSA) is 78.0 Å². The Morgan fingerprint density at radius 1 is 1.38 bits per heavy atom. The maximum absolute atomic E-state index is 12.1. The maximum atomic E-state index is 12.1. The second kappa shape index (κ2) is 3.64. The Morgan fingerprint density at radius 2 is 2.12 bits per heavy atom. The van der Waals surface area contributed by atoms with Crippen LogP contribution in [0.3, 0.4) is 0 Å². The molecule has 0 aliphatic heterocycles. The molecule has 6 heteroatoms. The lowest BCUT2D eigenvalue weighted by atomic mass is 10.2. The number of nitrogen functional groups attached to an aromatic ring is 1. The highest BCUT2D eigenvalue weighted by molar-refractivity contribution is 7.90. The zero-order chi connectivity index (χ0) is 11.8. The Balaban J connectivity index is 2.66. The van der Waals surface area contributed by atoms with Crippen molar-refractivity contribution >= 4 is 15.7 Å². The van der Waals surface area contributed by atoms with E-state index in [0.29, 0.717) is 0 Å². The molecule has 5 nitrogen and oxygen atoms in total. The van der Waals surface area contributed by atoms with Gasteiger partial charge >= 0.3 is 0 Å². The van der Waals surface area contributed by atoms with Crippen LogP contribution in [0.2, 0.25) is 0 Å². The fraction of sp³-hybridized carbons (Fsp3) is 0.100. The van der Waals surface area contributed by atoms with E-state index in [2.05, 4.69) is 4.98 Å². The first-order chi connectivity index (χ1) is 7.53. The quantitative estimate of drug-likeness (QED) is 0.791. The normalized spacial score (nSPS) is 11.6. The molecule has 0 saturated carbocycles. The fourth-order valence-electron chi connectivity index (χ4n) is 1.38. The summed E-state index contributed by atoms with van der Waals surface area (Å²) in [7, 11) is -3.62. The number of nitrogens with two attached hydrogens (primary N) is 1. The standard InChI is InChI=1S/C10H11N3O2S/c1-8-3-2-4-9(10(8)11)16(14,15)13-6-5-12-7-13/h2-7H,11H2,1H3. The third-order valence-electron chi connectivity index (χ3n) is 2.32. The SMILES string of the molecule is Cc1cccc(S(=O)(=O)n2ccnc2)c1N. The number of aromatic nitrogens is 2. The summed E-state index contributed by atoms with van der Waals surface area (Å²) in [4.78, 5) is 3.81. The Morgan fingerprint density at radius 3 is 2.75 bits per heavy atom. The molecule has 0 amide bonds. The first-order valence-corrected chi connectivity index (χ1v) is 6.06. The minimum atomic E-state index is -3.62. The molecule has 1 aromatic carbocycles. The van der Waals surface area contributed by atoms with Gasteiger partial charge in [0.15, 0.2) is 0 Å². The Bertz CT molecular complexity index is 603. The van der Waals surface area contributed by atoms with Gasteiger partial charge in [-0.2, -0.15) is 0 Å². The molecular formula is C10H11N3O2S. The zero-order valence-corrected chi connectivity index (χ0v) is 9.48. The van der Waals surface area contributed by atoms with Crippen molar-refractivity contribution in [3.63, 3.8) is 0 Å². The number of para-hydroxylation sites is 1. The molecule has 0 bridgehead atoms. The zero-order valence-electron chi connectivity index (χ0n) is 8.66. The predicted octanol–water partition coefficient (Wildman–Crippen LogP) is 1.01. The smallest absolute Gasteiger partial charge is 0.270 e. The minimum absolute atomic E-state index is 0.102. The van der Waals surface area contributed by atoms with Gasteiger partial charge < -0.3 is 5.73 Å². The fourth-order valence-corrected chi connectivity index (χ4v) is 2.69. The molecule has 0 fully saturated rings. The van der Waals surface area contributed by atoms with E-state index in [4.69, 9.17) is 5.73 Å². The van der Waals surface area contributed by atoms with E-state index < -0.39 is 10.0 Å². The summed E-state index contributed by atoms with van der Waals surface area (Å²) in [5.41, 5.74) is 6.77. The van der Waals surface area contributed by atoms with Gasteiger partial charge in [0.2, 0.25) is 0 Å². The van der Waals surface area contributed by atoms with Gasteiger partial charge in [-0.3, -0.25) is 0 Å². The molecule has 0 atom stereocenters. The molecule has 84 valence electrons. The third kappa shape index (κ3) is 1.57. The molecule has 0 radical (unpaired) electrons. The molecule has 0 spiro atoms. The average Bonchev–Trinajstić information content (AvgIpc) is 2.75. The molecule has 2 aromatic rings. The average molecular weight is 237 g/mol. The first kappa shape index (κ1) is 10.7. The van der Waals surface area contributed by atoms with Crippen LogP contribution in [0.4, 0.5) is 5.69 Å². The van der Waals surface area contributed by atoms with Crippen LogP contribution >= 0.6 is 0 Å². The van der Waals surface area contributed by atoms with Gasteiger partial charge in [0.1, 0.15) is 11.2 Å². The van der Waals surface area contributed by atoms with E-state index >= 15 is 0 Å². The van der Waals surface area contributed by atoms with Crippen LogP contribution in [0.15, 0.2) is 41.8 Å². The maximum Gasteiger partial charge on any atom is 0.270 e. The number of aryl methyl sites for hydroxylation is 1. The highest BCUT2D eigenvalue weighted by Crippen LogP contribution is 2.23. The number of nitrogens with zero attached hydrogens (tertiary/aromatic N) is 2. The summed E-state index contributed by atoms with van der Waals surface area (Å²) < 4.78 is 25.3. The van der Waals surface area contributed by atoms with E-state index in [0.717, 1.165) is 9.54 Å². The van der Waals surface area contributed by atoms with Gasteiger partial charge in [-0.1, -0.05) is 12.1 Å². The number of anilines is 1. The Hall–Kier alpha value is -1.82. The lowest BCUT2D eigenvalue weighted by Crippen LogP contribution is -2.13. The van der Waals surface area contributed by atoms with Gasteiger partial charge in [-0.05, 0) is 18.6 Å². The van der Waals surface area contributed by atoms with Gasteiger partial charge in [0, 0.05) is 12.4 Å². The molecule has 1 heterocycles. The number of rotatable bonds is 2. The molecule has 0 unspecified atom stereocenters. The van der Waals surface area contributed by atoms with Crippen molar-refractivity contribution in [3.05, 3.63) is 42.5 Å². The Kier molecular flexibility index (Phi) is 2.43. The molecule has 16 heavy (non-hydrogen) atoms. The van der Waals surface area contributed by atoms with Gasteiger partial charge in [-0.25, -0.2) is 17.4 Å². The van der Waals surface area contributed by atoms with Gasteiger partial charge in [-0.15, -0.1) is 0 Å². The van der Waals surface area contributed by atoms with E-state index in [1.165, 1.54) is 24.8 Å². The molecule has 0 aliphatic carbocycles. The molecular weight excluding hydrogens is 226 g/mol. The van der Waals surface area contributed by atoms with Crippen LogP contribution < -0.4 is 5.73 Å². The van der Waals surface area contributed by atoms with Crippen molar-refractivity contribution in [1.82, 2.24) is 8.96 Å². The van der Waals surface area contributed by atoms with E-state index in [1.807, 2.05) is 0 Å². The number of imidazole rings is 1. The van der Waals surface area contributed by atoms with E-state index in [9.17, 15) is 8.42 Å². The second-order valence-electron chi connectivity index (χ2n) is 3.38. The molecule has 1 aromatic heterocycles. The summed E-state index contributed by atoms with van der Waals surface area (Å²) in [6, 6.07) is 4.91. The van der Waals surface area contributed by atoms with Crippen molar-refractivity contribution in [3.8, 4) is 0 Å². The van der Waals surface area contributed by atoms with E-state index in [1.54, 1.807) is 19.1 Å². The van der Waals surface area contributed by atoms with Crippen molar-refractivity contribution in [1.29, 1.82) is 0 Å². The minimum Gasteiger partial charge on any atom is -0.397 e. The third-order valence-corrected chi connectivity index (χ3v) is 4.00.